The van der Waals surface area contributed by atoms with Gasteiger partial charge in [-0.15, -0.1) is 11.3 Å². The Morgan fingerprint density at radius 3 is 2.75 bits per heavy atom. The molecule has 0 aliphatic rings. The molecule has 0 saturated heterocycles. The van der Waals surface area contributed by atoms with Crippen LogP contribution in [-0.4, -0.2) is 30.0 Å². The highest BCUT2D eigenvalue weighted by Crippen LogP contribution is 2.37. The van der Waals surface area contributed by atoms with Gasteiger partial charge in [-0.2, -0.15) is 5.10 Å². The Morgan fingerprint density at radius 2 is 1.97 bits per heavy atom. The Hall–Kier alpha value is -2.66. The van der Waals surface area contributed by atoms with E-state index in [-0.39, 0.29) is 11.7 Å². The summed E-state index contributed by atoms with van der Waals surface area (Å²) in [4.78, 5) is 16.8. The number of amides is 1. The summed E-state index contributed by atoms with van der Waals surface area (Å²) in [6.07, 6.45) is 1.56. The zero-order valence-corrected chi connectivity index (χ0v) is 23.9. The fourth-order valence-corrected chi connectivity index (χ4v) is 5.79. The molecule has 4 aromatic rings. The van der Waals surface area contributed by atoms with E-state index < -0.39 is 0 Å². The molecule has 1 aromatic heterocycles. The maximum Gasteiger partial charge on any atom is 0.250 e. The largest absolute Gasteiger partial charge is 0.493 e. The number of rotatable bonds is 10. The van der Waals surface area contributed by atoms with Gasteiger partial charge in [0.2, 0.25) is 0 Å². The average Bonchev–Trinajstić information content (AvgIpc) is 3.36. The lowest BCUT2D eigenvalue weighted by atomic mass is 10.2. The van der Waals surface area contributed by atoms with Crippen LogP contribution in [0.4, 0.5) is 0 Å². The number of methoxy groups -OCH3 is 1. The molecule has 6 nitrogen and oxygen atoms in total. The number of ether oxygens (including phenoxy) is 2. The summed E-state index contributed by atoms with van der Waals surface area (Å²) in [5.41, 5.74) is 6.29. The topological polar surface area (TPSA) is 72.8 Å². The maximum atomic E-state index is 12.2. The van der Waals surface area contributed by atoms with Crippen molar-refractivity contribution < 1.29 is 14.3 Å². The van der Waals surface area contributed by atoms with Crippen molar-refractivity contribution in [3.05, 3.63) is 92.2 Å². The number of carbonyl (C=O) groups excluding carboxylic acids is 1. The summed E-state index contributed by atoms with van der Waals surface area (Å²) < 4.78 is 14.0. The van der Waals surface area contributed by atoms with E-state index in [2.05, 4.69) is 47.4 Å². The first kappa shape index (κ1) is 26.4. The van der Waals surface area contributed by atoms with E-state index in [1.165, 1.54) is 23.1 Å². The molecule has 0 fully saturated rings. The Kier molecular flexibility index (Phi) is 9.57. The van der Waals surface area contributed by atoms with Crippen molar-refractivity contribution in [3.8, 4) is 22.8 Å². The molecule has 3 aromatic carbocycles. The lowest BCUT2D eigenvalue weighted by Crippen LogP contribution is -2.19. The molecule has 184 valence electrons. The smallest absolute Gasteiger partial charge is 0.250 e. The fourth-order valence-electron chi connectivity index (χ4n) is 3.14. The van der Waals surface area contributed by atoms with Crippen LogP contribution < -0.4 is 14.9 Å². The molecule has 0 bridgehead atoms. The first-order valence-electron chi connectivity index (χ1n) is 10.7. The van der Waals surface area contributed by atoms with Crippen LogP contribution in [0.2, 0.25) is 0 Å². The minimum atomic E-state index is -0.215. The zero-order valence-electron chi connectivity index (χ0n) is 19.1. The number of benzene rings is 3. The molecular formula is C26H21Br2N3O3S2. The van der Waals surface area contributed by atoms with Crippen molar-refractivity contribution in [2.75, 3.05) is 12.9 Å². The molecule has 1 N–H and O–H groups in total. The molecule has 4 rings (SSSR count). The van der Waals surface area contributed by atoms with Gasteiger partial charge in [0.15, 0.2) is 15.8 Å². The molecular weight excluding hydrogens is 626 g/mol. The van der Waals surface area contributed by atoms with E-state index in [0.29, 0.717) is 18.1 Å². The summed E-state index contributed by atoms with van der Waals surface area (Å²) in [5.74, 6) is 1.15. The van der Waals surface area contributed by atoms with Gasteiger partial charge in [-0.1, -0.05) is 70.2 Å². The number of carbonyl (C=O) groups is 1. The van der Waals surface area contributed by atoms with E-state index in [0.717, 1.165) is 35.7 Å². The molecule has 0 spiro atoms. The second-order valence-electron chi connectivity index (χ2n) is 7.40. The number of nitrogens with zero attached hydrogens (tertiary/aromatic N) is 2. The Morgan fingerprint density at radius 1 is 1.14 bits per heavy atom. The summed E-state index contributed by atoms with van der Waals surface area (Å²) in [6, 6.07) is 21.5. The van der Waals surface area contributed by atoms with Crippen LogP contribution in [0.25, 0.3) is 11.3 Å². The fraction of sp³-hybridized carbons (Fsp3) is 0.115. The Labute approximate surface area is 234 Å². The number of thiazole rings is 1. The van der Waals surface area contributed by atoms with Crippen LogP contribution in [0.3, 0.4) is 0 Å². The Balaban J connectivity index is 1.30. The van der Waals surface area contributed by atoms with Crippen LogP contribution in [0.1, 0.15) is 11.1 Å². The monoisotopic (exact) mass is 645 g/mol. The van der Waals surface area contributed by atoms with Crippen molar-refractivity contribution in [2.45, 2.75) is 10.9 Å². The molecule has 0 saturated carbocycles. The molecule has 0 aliphatic heterocycles. The molecule has 36 heavy (non-hydrogen) atoms. The molecule has 0 aliphatic carbocycles. The number of halogens is 2. The number of hydrazone groups is 1. The molecule has 1 heterocycles. The number of aromatic nitrogens is 1. The summed E-state index contributed by atoms with van der Waals surface area (Å²) in [7, 11) is 1.58. The van der Waals surface area contributed by atoms with Gasteiger partial charge in [0.1, 0.15) is 6.61 Å². The summed E-state index contributed by atoms with van der Waals surface area (Å²) in [5, 5.41) is 6.07. The van der Waals surface area contributed by atoms with Gasteiger partial charge in [0, 0.05) is 15.4 Å². The van der Waals surface area contributed by atoms with Crippen LogP contribution in [0.15, 0.2) is 90.5 Å². The van der Waals surface area contributed by atoms with Gasteiger partial charge < -0.3 is 9.47 Å². The minimum absolute atomic E-state index is 0.215. The third-order valence-electron chi connectivity index (χ3n) is 4.81. The number of hydrogen-bond donors (Lipinski definition) is 1. The summed E-state index contributed by atoms with van der Waals surface area (Å²) in [6.45, 7) is 0.390. The molecule has 0 radical (unpaired) electrons. The third-order valence-corrected chi connectivity index (χ3v) is 7.91. The van der Waals surface area contributed by atoms with E-state index in [1.54, 1.807) is 19.4 Å². The van der Waals surface area contributed by atoms with Crippen LogP contribution in [-0.2, 0) is 11.4 Å². The van der Waals surface area contributed by atoms with Gasteiger partial charge in [-0.25, -0.2) is 10.4 Å². The highest BCUT2D eigenvalue weighted by atomic mass is 79.9. The minimum Gasteiger partial charge on any atom is -0.493 e. The van der Waals surface area contributed by atoms with Crippen molar-refractivity contribution in [2.24, 2.45) is 5.10 Å². The lowest BCUT2D eigenvalue weighted by molar-refractivity contribution is -0.118. The van der Waals surface area contributed by atoms with Crippen molar-refractivity contribution in [1.82, 2.24) is 10.4 Å². The third kappa shape index (κ3) is 7.42. The zero-order chi connectivity index (χ0) is 25.3. The molecule has 1 amide bonds. The van der Waals surface area contributed by atoms with Gasteiger partial charge in [0.25, 0.3) is 5.91 Å². The molecule has 0 unspecified atom stereocenters. The SMILES string of the molecule is COc1cc(/C=N/NC(=O)CSc2nc(-c3ccccc3)cs2)cc(Br)c1OCc1cccc(Br)c1. The second kappa shape index (κ2) is 13.0. The predicted octanol–water partition coefficient (Wildman–Crippen LogP) is 7.17. The predicted molar refractivity (Wildman–Crippen MR) is 153 cm³/mol. The quantitative estimate of drug-likeness (QED) is 0.112. The van der Waals surface area contributed by atoms with Gasteiger partial charge in [-0.3, -0.25) is 4.79 Å². The number of thioether (sulfide) groups is 1. The lowest BCUT2D eigenvalue weighted by Gasteiger charge is -2.13. The number of hydrogen-bond acceptors (Lipinski definition) is 7. The van der Waals surface area contributed by atoms with Gasteiger partial charge in [0.05, 0.1) is 29.2 Å². The number of nitrogens with one attached hydrogen (secondary N) is 1. The van der Waals surface area contributed by atoms with E-state index >= 15 is 0 Å². The average molecular weight is 647 g/mol. The standard InChI is InChI=1S/C26H21Br2N3O3S2/c1-33-23-12-18(11-21(28)25(23)34-14-17-6-5-9-20(27)10-17)13-29-31-24(32)16-36-26-30-22(15-35-26)19-7-3-2-4-8-19/h2-13,15H,14,16H2,1H3,(H,31,32)/b29-13+. The normalized spacial score (nSPS) is 11.0. The van der Waals surface area contributed by atoms with Crippen LogP contribution in [0.5, 0.6) is 11.5 Å². The van der Waals surface area contributed by atoms with Crippen molar-refractivity contribution in [3.63, 3.8) is 0 Å². The van der Waals surface area contributed by atoms with Crippen molar-refractivity contribution in [1.29, 1.82) is 0 Å². The summed E-state index contributed by atoms with van der Waals surface area (Å²) >= 11 is 9.91. The van der Waals surface area contributed by atoms with Crippen LogP contribution >= 0.6 is 55.0 Å². The highest BCUT2D eigenvalue weighted by molar-refractivity contribution is 9.10. The van der Waals surface area contributed by atoms with E-state index in [1.807, 2.05) is 66.0 Å². The van der Waals surface area contributed by atoms with E-state index in [9.17, 15) is 4.79 Å². The van der Waals surface area contributed by atoms with Crippen molar-refractivity contribution >= 4 is 67.1 Å². The maximum absolute atomic E-state index is 12.2. The molecule has 0 atom stereocenters. The Bertz CT molecular complexity index is 1360. The van der Waals surface area contributed by atoms with Crippen LogP contribution in [0, 0.1) is 0 Å². The molecule has 10 heteroatoms. The van der Waals surface area contributed by atoms with Gasteiger partial charge in [-0.05, 0) is 51.3 Å². The first-order valence-corrected chi connectivity index (χ1v) is 14.2. The first-order chi connectivity index (χ1) is 17.5. The van der Waals surface area contributed by atoms with E-state index in [4.69, 9.17) is 9.47 Å². The van der Waals surface area contributed by atoms with Gasteiger partial charge >= 0.3 is 0 Å². The second-order valence-corrected chi connectivity index (χ2v) is 11.2. The highest BCUT2D eigenvalue weighted by Gasteiger charge is 2.12.